The first kappa shape index (κ1) is 12.6. The molecule has 100 valence electrons. The SMILES string of the molecule is Cc1cc(C(=O)c2c(C)[nH]c3ccccc23)ccc1F. The van der Waals surface area contributed by atoms with Gasteiger partial charge in [0, 0.05) is 22.2 Å². The van der Waals surface area contributed by atoms with Crippen LogP contribution in [0.15, 0.2) is 42.5 Å². The summed E-state index contributed by atoms with van der Waals surface area (Å²) in [5.41, 5.74) is 3.42. The second-order valence-corrected chi connectivity index (χ2v) is 4.96. The zero-order valence-corrected chi connectivity index (χ0v) is 11.3. The topological polar surface area (TPSA) is 32.9 Å². The lowest BCUT2D eigenvalue weighted by Crippen LogP contribution is -2.03. The van der Waals surface area contributed by atoms with E-state index in [-0.39, 0.29) is 11.6 Å². The van der Waals surface area contributed by atoms with Crippen molar-refractivity contribution in [3.8, 4) is 0 Å². The Hall–Kier alpha value is -2.42. The van der Waals surface area contributed by atoms with Gasteiger partial charge in [0.1, 0.15) is 5.82 Å². The van der Waals surface area contributed by atoms with E-state index in [4.69, 9.17) is 0 Å². The van der Waals surface area contributed by atoms with Gasteiger partial charge in [0.25, 0.3) is 0 Å². The number of benzene rings is 2. The van der Waals surface area contributed by atoms with Crippen molar-refractivity contribution < 1.29 is 9.18 Å². The Labute approximate surface area is 116 Å². The molecule has 0 saturated carbocycles. The van der Waals surface area contributed by atoms with E-state index in [0.29, 0.717) is 16.7 Å². The van der Waals surface area contributed by atoms with Crippen LogP contribution < -0.4 is 0 Å². The number of aryl methyl sites for hydroxylation is 2. The molecule has 1 N–H and O–H groups in total. The van der Waals surface area contributed by atoms with Gasteiger partial charge in [-0.15, -0.1) is 0 Å². The van der Waals surface area contributed by atoms with E-state index >= 15 is 0 Å². The highest BCUT2D eigenvalue weighted by Gasteiger charge is 2.17. The number of H-pyrrole nitrogens is 1. The fourth-order valence-corrected chi connectivity index (χ4v) is 2.50. The second-order valence-electron chi connectivity index (χ2n) is 4.96. The summed E-state index contributed by atoms with van der Waals surface area (Å²) in [7, 11) is 0. The van der Waals surface area contributed by atoms with Crippen molar-refractivity contribution in [1.29, 1.82) is 0 Å². The average molecular weight is 267 g/mol. The Balaban J connectivity index is 2.17. The molecule has 0 bridgehead atoms. The lowest BCUT2D eigenvalue weighted by atomic mass is 9.99. The number of hydrogen-bond donors (Lipinski definition) is 1. The van der Waals surface area contributed by atoms with Crippen molar-refractivity contribution in [2.75, 3.05) is 0 Å². The Morgan fingerprint density at radius 3 is 2.60 bits per heavy atom. The minimum absolute atomic E-state index is 0.0805. The molecule has 0 unspecified atom stereocenters. The summed E-state index contributed by atoms with van der Waals surface area (Å²) < 4.78 is 13.3. The third-order valence-corrected chi connectivity index (χ3v) is 3.54. The minimum atomic E-state index is -0.294. The molecule has 20 heavy (non-hydrogen) atoms. The van der Waals surface area contributed by atoms with Gasteiger partial charge >= 0.3 is 0 Å². The fourth-order valence-electron chi connectivity index (χ4n) is 2.50. The van der Waals surface area contributed by atoms with Crippen LogP contribution in [-0.2, 0) is 0 Å². The number of carbonyl (C=O) groups is 1. The highest BCUT2D eigenvalue weighted by Crippen LogP contribution is 2.25. The molecule has 0 aliphatic rings. The number of aromatic nitrogens is 1. The number of rotatable bonds is 2. The maximum absolute atomic E-state index is 13.3. The summed E-state index contributed by atoms with van der Waals surface area (Å²) in [5.74, 6) is -0.375. The fraction of sp³-hybridized carbons (Fsp3) is 0.118. The van der Waals surface area contributed by atoms with Crippen molar-refractivity contribution in [1.82, 2.24) is 4.98 Å². The van der Waals surface area contributed by atoms with Crippen LogP contribution in [0.1, 0.15) is 27.2 Å². The van der Waals surface area contributed by atoms with Crippen LogP contribution in [0, 0.1) is 19.7 Å². The van der Waals surface area contributed by atoms with E-state index in [9.17, 15) is 9.18 Å². The number of ketones is 1. The minimum Gasteiger partial charge on any atom is -0.358 e. The smallest absolute Gasteiger partial charge is 0.195 e. The predicted molar refractivity (Wildman–Crippen MR) is 77.6 cm³/mol. The highest BCUT2D eigenvalue weighted by atomic mass is 19.1. The Kier molecular flexibility index (Phi) is 2.90. The second kappa shape index (κ2) is 4.60. The normalized spacial score (nSPS) is 10.9. The van der Waals surface area contributed by atoms with Crippen LogP contribution in [0.3, 0.4) is 0 Å². The maximum Gasteiger partial charge on any atom is 0.195 e. The van der Waals surface area contributed by atoms with E-state index in [0.717, 1.165) is 16.6 Å². The summed E-state index contributed by atoms with van der Waals surface area (Å²) in [4.78, 5) is 15.9. The van der Waals surface area contributed by atoms with Crippen molar-refractivity contribution in [3.63, 3.8) is 0 Å². The summed E-state index contributed by atoms with van der Waals surface area (Å²) in [6.07, 6.45) is 0. The average Bonchev–Trinajstić information content (AvgIpc) is 2.77. The molecule has 0 saturated heterocycles. The van der Waals surface area contributed by atoms with Crippen LogP contribution in [0.4, 0.5) is 4.39 Å². The van der Waals surface area contributed by atoms with Crippen molar-refractivity contribution in [2.45, 2.75) is 13.8 Å². The molecular formula is C17H14FNO. The van der Waals surface area contributed by atoms with Crippen LogP contribution in [0.5, 0.6) is 0 Å². The molecule has 3 aromatic rings. The molecule has 0 spiro atoms. The summed E-state index contributed by atoms with van der Waals surface area (Å²) in [6, 6.07) is 12.2. The largest absolute Gasteiger partial charge is 0.358 e. The molecule has 0 fully saturated rings. The third kappa shape index (κ3) is 1.92. The number of aromatic amines is 1. The number of para-hydroxylation sites is 1. The first-order valence-corrected chi connectivity index (χ1v) is 6.46. The quantitative estimate of drug-likeness (QED) is 0.695. The predicted octanol–water partition coefficient (Wildman–Crippen LogP) is 4.15. The van der Waals surface area contributed by atoms with Crippen LogP contribution in [0.2, 0.25) is 0 Å². The van der Waals surface area contributed by atoms with Gasteiger partial charge in [-0.1, -0.05) is 18.2 Å². The molecule has 0 atom stereocenters. The maximum atomic E-state index is 13.3. The first-order chi connectivity index (χ1) is 9.58. The third-order valence-electron chi connectivity index (χ3n) is 3.54. The van der Waals surface area contributed by atoms with Crippen LogP contribution in [0.25, 0.3) is 10.9 Å². The van der Waals surface area contributed by atoms with Gasteiger partial charge in [-0.2, -0.15) is 0 Å². The number of carbonyl (C=O) groups excluding carboxylic acids is 1. The van der Waals surface area contributed by atoms with Gasteiger partial charge in [-0.25, -0.2) is 4.39 Å². The molecule has 0 radical (unpaired) electrons. The number of nitrogens with one attached hydrogen (secondary N) is 1. The van der Waals surface area contributed by atoms with Gasteiger partial charge in [-0.3, -0.25) is 4.79 Å². The van der Waals surface area contributed by atoms with Crippen LogP contribution in [-0.4, -0.2) is 10.8 Å². The lowest BCUT2D eigenvalue weighted by Gasteiger charge is -2.04. The van der Waals surface area contributed by atoms with Crippen molar-refractivity contribution in [2.24, 2.45) is 0 Å². The molecule has 0 aliphatic carbocycles. The Bertz CT molecular complexity index is 817. The Morgan fingerprint density at radius 2 is 1.85 bits per heavy atom. The summed E-state index contributed by atoms with van der Waals surface area (Å²) in [6.45, 7) is 3.54. The first-order valence-electron chi connectivity index (χ1n) is 6.46. The standard InChI is InChI=1S/C17H14FNO/c1-10-9-12(7-8-14(10)18)17(20)16-11(2)19-15-6-4-3-5-13(15)16/h3-9,19H,1-2H3. The molecule has 1 aromatic heterocycles. The molecule has 3 heteroatoms. The monoisotopic (exact) mass is 267 g/mol. The molecule has 2 nitrogen and oxygen atoms in total. The molecule has 0 aliphatic heterocycles. The van der Waals surface area contributed by atoms with Gasteiger partial charge in [0.2, 0.25) is 0 Å². The van der Waals surface area contributed by atoms with E-state index < -0.39 is 0 Å². The zero-order chi connectivity index (χ0) is 14.3. The van der Waals surface area contributed by atoms with E-state index in [1.165, 1.54) is 12.1 Å². The van der Waals surface area contributed by atoms with Crippen molar-refractivity contribution >= 4 is 16.7 Å². The lowest BCUT2D eigenvalue weighted by molar-refractivity contribution is 0.103. The molecular weight excluding hydrogens is 253 g/mol. The van der Waals surface area contributed by atoms with Crippen molar-refractivity contribution in [3.05, 3.63) is 70.7 Å². The molecule has 3 rings (SSSR count). The Morgan fingerprint density at radius 1 is 1.10 bits per heavy atom. The van der Waals surface area contributed by atoms with E-state index in [2.05, 4.69) is 4.98 Å². The van der Waals surface area contributed by atoms with E-state index in [1.807, 2.05) is 31.2 Å². The highest BCUT2D eigenvalue weighted by molar-refractivity contribution is 6.17. The van der Waals surface area contributed by atoms with Gasteiger partial charge < -0.3 is 4.98 Å². The molecule has 1 heterocycles. The number of hydrogen-bond acceptors (Lipinski definition) is 1. The van der Waals surface area contributed by atoms with Gasteiger partial charge in [-0.05, 0) is 43.7 Å². The number of fused-ring (bicyclic) bond motifs is 1. The van der Waals surface area contributed by atoms with E-state index in [1.54, 1.807) is 13.0 Å². The number of halogens is 1. The van der Waals surface area contributed by atoms with Crippen LogP contribution >= 0.6 is 0 Å². The van der Waals surface area contributed by atoms with Gasteiger partial charge in [0.15, 0.2) is 5.78 Å². The summed E-state index contributed by atoms with van der Waals surface area (Å²) >= 11 is 0. The van der Waals surface area contributed by atoms with Gasteiger partial charge in [0.05, 0.1) is 5.56 Å². The summed E-state index contributed by atoms with van der Waals surface area (Å²) in [5, 5.41) is 0.900. The molecule has 2 aromatic carbocycles. The zero-order valence-electron chi connectivity index (χ0n) is 11.3. The molecule has 0 amide bonds.